The number of nitrogens with zero attached hydrogens (tertiary/aromatic N) is 2. The Labute approximate surface area is 106 Å². The number of carbonyl (C=O) groups is 1. The second-order valence-corrected chi connectivity index (χ2v) is 4.32. The quantitative estimate of drug-likeness (QED) is 0.745. The predicted molar refractivity (Wildman–Crippen MR) is 70.8 cm³/mol. The summed E-state index contributed by atoms with van der Waals surface area (Å²) in [5.74, 6) is 0.745. The van der Waals surface area contributed by atoms with Gasteiger partial charge in [-0.2, -0.15) is 0 Å². The van der Waals surface area contributed by atoms with Crippen LogP contribution in [0.25, 0.3) is 11.0 Å². The molecule has 3 N–H and O–H groups in total. The lowest BCUT2D eigenvalue weighted by molar-refractivity contribution is -0.118. The highest BCUT2D eigenvalue weighted by atomic mass is 16.1. The molecule has 0 atom stereocenters. The van der Waals surface area contributed by atoms with Crippen LogP contribution in [-0.4, -0.2) is 22.0 Å². The lowest BCUT2D eigenvalue weighted by Crippen LogP contribution is -2.19. The first-order chi connectivity index (χ1) is 8.68. The van der Waals surface area contributed by atoms with Crippen LogP contribution < -0.4 is 11.1 Å². The van der Waals surface area contributed by atoms with E-state index >= 15 is 0 Å². The number of hydrogen-bond donors (Lipinski definition) is 2. The smallest absolute Gasteiger partial charge is 0.217 e. The highest BCUT2D eigenvalue weighted by Gasteiger charge is 2.05. The molecule has 0 fully saturated rings. The van der Waals surface area contributed by atoms with Crippen LogP contribution in [-0.2, 0) is 18.4 Å². The molecule has 0 saturated heterocycles. The zero-order valence-electron chi connectivity index (χ0n) is 10.5. The Morgan fingerprint density at radius 1 is 1.44 bits per heavy atom. The summed E-state index contributed by atoms with van der Waals surface area (Å²) in [4.78, 5) is 15.1. The summed E-state index contributed by atoms with van der Waals surface area (Å²) < 4.78 is 2.08. The second kappa shape index (κ2) is 5.64. The molecule has 2 aromatic rings. The summed E-state index contributed by atoms with van der Waals surface area (Å²) >= 11 is 0. The maximum absolute atomic E-state index is 10.6. The Kier molecular flexibility index (Phi) is 3.94. The number of aromatic nitrogens is 2. The molecule has 0 radical (unpaired) electrons. The first-order valence-electron chi connectivity index (χ1n) is 6.08. The second-order valence-electron chi connectivity index (χ2n) is 4.32. The summed E-state index contributed by atoms with van der Waals surface area (Å²) in [6.07, 6.45) is 1.19. The van der Waals surface area contributed by atoms with Crippen LogP contribution >= 0.6 is 0 Å². The van der Waals surface area contributed by atoms with E-state index < -0.39 is 0 Å². The number of para-hydroxylation sites is 2. The molecule has 0 spiro atoms. The zero-order valence-corrected chi connectivity index (χ0v) is 10.5. The lowest BCUT2D eigenvalue weighted by atomic mass is 10.3. The van der Waals surface area contributed by atoms with E-state index in [0.29, 0.717) is 13.0 Å². The Bertz CT molecular complexity index is 547. The monoisotopic (exact) mass is 246 g/mol. The molecule has 0 saturated carbocycles. The van der Waals surface area contributed by atoms with Gasteiger partial charge in [0.05, 0.1) is 17.6 Å². The first-order valence-corrected chi connectivity index (χ1v) is 6.08. The first kappa shape index (κ1) is 12.6. The van der Waals surface area contributed by atoms with Gasteiger partial charge in [-0.1, -0.05) is 12.1 Å². The van der Waals surface area contributed by atoms with Crippen molar-refractivity contribution in [2.75, 3.05) is 6.54 Å². The number of carbonyl (C=O) groups excluding carboxylic acids is 1. The number of amides is 1. The highest BCUT2D eigenvalue weighted by Crippen LogP contribution is 2.13. The Balaban J connectivity index is 1.91. The largest absolute Gasteiger partial charge is 0.370 e. The van der Waals surface area contributed by atoms with Gasteiger partial charge in [0.15, 0.2) is 0 Å². The maximum Gasteiger partial charge on any atom is 0.217 e. The average Bonchev–Trinajstić information content (AvgIpc) is 2.66. The minimum atomic E-state index is -0.250. The van der Waals surface area contributed by atoms with Crippen molar-refractivity contribution in [3.05, 3.63) is 30.1 Å². The minimum Gasteiger partial charge on any atom is -0.370 e. The van der Waals surface area contributed by atoms with Crippen LogP contribution in [0.4, 0.5) is 0 Å². The van der Waals surface area contributed by atoms with Crippen LogP contribution in [0.3, 0.4) is 0 Å². The number of aryl methyl sites for hydroxylation is 1. The molecule has 1 aromatic carbocycles. The van der Waals surface area contributed by atoms with E-state index in [1.165, 1.54) is 0 Å². The molecule has 2 rings (SSSR count). The van der Waals surface area contributed by atoms with Crippen molar-refractivity contribution in [1.82, 2.24) is 14.9 Å². The number of rotatable bonds is 6. The van der Waals surface area contributed by atoms with Crippen LogP contribution in [0.15, 0.2) is 24.3 Å². The number of nitrogens with two attached hydrogens (primary N) is 1. The third-order valence-electron chi connectivity index (χ3n) is 2.94. The van der Waals surface area contributed by atoms with Crippen molar-refractivity contribution >= 4 is 16.9 Å². The van der Waals surface area contributed by atoms with Gasteiger partial charge in [-0.3, -0.25) is 4.79 Å². The fourth-order valence-electron chi connectivity index (χ4n) is 1.94. The van der Waals surface area contributed by atoms with Crippen LogP contribution in [0.2, 0.25) is 0 Å². The van der Waals surface area contributed by atoms with E-state index in [-0.39, 0.29) is 5.91 Å². The van der Waals surface area contributed by atoms with Gasteiger partial charge in [-0.25, -0.2) is 4.98 Å². The Hall–Kier alpha value is -1.88. The summed E-state index contributed by atoms with van der Waals surface area (Å²) in [6, 6.07) is 8.05. The molecular weight excluding hydrogens is 228 g/mol. The average molecular weight is 246 g/mol. The Morgan fingerprint density at radius 2 is 2.22 bits per heavy atom. The highest BCUT2D eigenvalue weighted by molar-refractivity contribution is 5.75. The number of primary amides is 1. The molecule has 0 bridgehead atoms. The molecule has 0 aliphatic rings. The molecular formula is C13H18N4O. The maximum atomic E-state index is 10.6. The fourth-order valence-corrected chi connectivity index (χ4v) is 1.94. The van der Waals surface area contributed by atoms with Gasteiger partial charge in [0.2, 0.25) is 5.91 Å². The molecule has 0 aliphatic heterocycles. The molecule has 1 heterocycles. The number of hydrogen-bond acceptors (Lipinski definition) is 3. The SMILES string of the molecule is Cn1c(CNCCCC(N)=O)nc2ccccc21. The number of benzene rings is 1. The molecule has 1 aromatic heterocycles. The van der Waals surface area contributed by atoms with E-state index in [4.69, 9.17) is 5.73 Å². The van der Waals surface area contributed by atoms with Crippen molar-refractivity contribution in [3.63, 3.8) is 0 Å². The van der Waals surface area contributed by atoms with Crippen molar-refractivity contribution < 1.29 is 4.79 Å². The van der Waals surface area contributed by atoms with E-state index in [1.807, 2.05) is 25.2 Å². The van der Waals surface area contributed by atoms with Crippen LogP contribution in [0.1, 0.15) is 18.7 Å². The Morgan fingerprint density at radius 3 is 2.94 bits per heavy atom. The molecule has 18 heavy (non-hydrogen) atoms. The molecule has 0 unspecified atom stereocenters. The number of nitrogens with one attached hydrogen (secondary N) is 1. The van der Waals surface area contributed by atoms with Crippen LogP contribution in [0, 0.1) is 0 Å². The molecule has 5 nitrogen and oxygen atoms in total. The molecule has 96 valence electrons. The predicted octanol–water partition coefficient (Wildman–Crippen LogP) is 0.928. The normalized spacial score (nSPS) is 10.9. The minimum absolute atomic E-state index is 0.250. The molecule has 1 amide bonds. The summed E-state index contributed by atoms with van der Waals surface area (Å²) in [6.45, 7) is 1.47. The van der Waals surface area contributed by atoms with Gasteiger partial charge >= 0.3 is 0 Å². The molecule has 5 heteroatoms. The topological polar surface area (TPSA) is 72.9 Å². The zero-order chi connectivity index (χ0) is 13.0. The third-order valence-corrected chi connectivity index (χ3v) is 2.94. The summed E-state index contributed by atoms with van der Waals surface area (Å²) in [5, 5.41) is 3.27. The van der Waals surface area contributed by atoms with Crippen molar-refractivity contribution in [3.8, 4) is 0 Å². The van der Waals surface area contributed by atoms with Gasteiger partial charge in [0.1, 0.15) is 5.82 Å². The van der Waals surface area contributed by atoms with Gasteiger partial charge < -0.3 is 15.6 Å². The summed E-state index contributed by atoms with van der Waals surface area (Å²) in [7, 11) is 2.01. The fraction of sp³-hybridized carbons (Fsp3) is 0.385. The van der Waals surface area contributed by atoms with Crippen molar-refractivity contribution in [2.45, 2.75) is 19.4 Å². The van der Waals surface area contributed by atoms with E-state index in [0.717, 1.165) is 29.8 Å². The van der Waals surface area contributed by atoms with Gasteiger partial charge in [0.25, 0.3) is 0 Å². The van der Waals surface area contributed by atoms with E-state index in [2.05, 4.69) is 20.9 Å². The lowest BCUT2D eigenvalue weighted by Gasteiger charge is -2.04. The third kappa shape index (κ3) is 2.87. The van der Waals surface area contributed by atoms with Gasteiger partial charge in [-0.15, -0.1) is 0 Å². The summed E-state index contributed by atoms with van der Waals surface area (Å²) in [5.41, 5.74) is 7.22. The van der Waals surface area contributed by atoms with Crippen molar-refractivity contribution in [2.24, 2.45) is 12.8 Å². The standard InChI is InChI=1S/C13H18N4O/c1-17-11-6-3-2-5-10(11)16-13(17)9-15-8-4-7-12(14)18/h2-3,5-6,15H,4,7-9H2,1H3,(H2,14,18). The molecule has 0 aliphatic carbocycles. The van der Waals surface area contributed by atoms with Gasteiger partial charge in [-0.05, 0) is 25.1 Å². The number of imidazole rings is 1. The van der Waals surface area contributed by atoms with Crippen molar-refractivity contribution in [1.29, 1.82) is 0 Å². The number of fused-ring (bicyclic) bond motifs is 1. The van der Waals surface area contributed by atoms with E-state index in [1.54, 1.807) is 0 Å². The van der Waals surface area contributed by atoms with Crippen LogP contribution in [0.5, 0.6) is 0 Å². The van der Waals surface area contributed by atoms with E-state index in [9.17, 15) is 4.79 Å². The van der Waals surface area contributed by atoms with Gasteiger partial charge in [0, 0.05) is 13.5 Å².